The van der Waals surface area contributed by atoms with E-state index in [1.807, 2.05) is 44.8 Å². The molecule has 6 N–H and O–H groups in total. The van der Waals surface area contributed by atoms with Crippen LogP contribution in [0.4, 0.5) is 0 Å². The fourth-order valence-electron chi connectivity index (χ4n) is 11.3. The van der Waals surface area contributed by atoms with E-state index in [-0.39, 0.29) is 92.9 Å². The quantitative estimate of drug-likeness (QED) is 0.0851. The largest absolute Gasteiger partial charge is 0.490 e. The Morgan fingerprint density at radius 3 is 2.21 bits per heavy atom. The molecule has 3 aliphatic rings. The van der Waals surface area contributed by atoms with Gasteiger partial charge < -0.3 is 87.7 Å². The van der Waals surface area contributed by atoms with Gasteiger partial charge in [0.2, 0.25) is 5.43 Å². The number of fused-ring (bicyclic) bond motifs is 1. The first-order valence-electron chi connectivity index (χ1n) is 27.1. The molecule has 3 aliphatic heterocycles. The molecule has 0 spiro atoms. The van der Waals surface area contributed by atoms with Gasteiger partial charge in [-0.1, -0.05) is 32.4 Å². The number of carbonyl (C=O) groups excluding carboxylic acids is 2. The molecule has 78 heavy (non-hydrogen) atoms. The van der Waals surface area contributed by atoms with Gasteiger partial charge in [-0.2, -0.15) is 0 Å². The summed E-state index contributed by atoms with van der Waals surface area (Å²) in [6.07, 6.45) is -8.30. The number of likely N-dealkylation sites (N-methyl/N-ethyl adjacent to an activating group) is 2. The Hall–Kier alpha value is -3.59. The summed E-state index contributed by atoms with van der Waals surface area (Å²) >= 11 is 6.32. The van der Waals surface area contributed by atoms with Crippen molar-refractivity contribution in [3.63, 3.8) is 0 Å². The summed E-state index contributed by atoms with van der Waals surface area (Å²) in [5, 5.41) is 57.7. The number of benzene rings is 1. The van der Waals surface area contributed by atoms with Crippen molar-refractivity contribution >= 4 is 40.4 Å². The number of hydrogen-bond acceptors (Lipinski definition) is 20. The van der Waals surface area contributed by atoms with Crippen LogP contribution >= 0.6 is 11.6 Å². The second-order valence-electron chi connectivity index (χ2n) is 22.6. The van der Waals surface area contributed by atoms with Gasteiger partial charge in [0.05, 0.1) is 84.7 Å². The third-order valence-electron chi connectivity index (χ3n) is 15.9. The number of rotatable bonds is 19. The third-order valence-corrected chi connectivity index (χ3v) is 16.2. The van der Waals surface area contributed by atoms with Crippen molar-refractivity contribution in [3.8, 4) is 5.75 Å². The molecule has 5 rings (SSSR count). The van der Waals surface area contributed by atoms with E-state index >= 15 is 0 Å². The van der Waals surface area contributed by atoms with E-state index in [9.17, 15) is 44.7 Å². The number of esters is 2. The number of halogens is 1. The SMILES string of the molecule is CC[C@H]1OC(=O)[C@H](C)[C@@H](O[C@H]2C[C@@](C)(OC)[C@@H](OC(=O)CCOCCOCCOc3cc4c(=O)c(C(=O)O)c[nH]c4cc3Cl)[C@H](C)O2)[C@H](C)[C@@H](O[C@@H]2O[C@H](C)C[C@H](N(C)C)[C@H]2O)[C@](C)(O)C[C@@H](C)CN(C)[C@H](C)[C@@H](O)[C@]1(C)O. The number of aromatic amines is 1. The number of H-pyrrole nitrogens is 1. The van der Waals surface area contributed by atoms with Crippen molar-refractivity contribution in [2.24, 2.45) is 17.8 Å². The molecular formula is C55H88ClN3O19. The number of carboxylic acids is 1. The number of methoxy groups -OCH3 is 1. The van der Waals surface area contributed by atoms with Gasteiger partial charge in [0.1, 0.15) is 47.4 Å². The Morgan fingerprint density at radius 1 is 0.923 bits per heavy atom. The molecule has 18 atom stereocenters. The molecule has 3 fully saturated rings. The van der Waals surface area contributed by atoms with E-state index in [0.29, 0.717) is 18.5 Å². The summed E-state index contributed by atoms with van der Waals surface area (Å²) in [7, 11) is 7.03. The lowest BCUT2D eigenvalue weighted by Gasteiger charge is -2.49. The summed E-state index contributed by atoms with van der Waals surface area (Å²) in [6, 6.07) is 1.92. The van der Waals surface area contributed by atoms with Crippen molar-refractivity contribution in [2.75, 3.05) is 67.8 Å². The molecule has 1 aromatic heterocycles. The highest BCUT2D eigenvalue weighted by Gasteiger charge is 2.54. The summed E-state index contributed by atoms with van der Waals surface area (Å²) in [6.45, 7) is 18.3. The number of pyridine rings is 1. The first-order valence-corrected chi connectivity index (χ1v) is 27.5. The second kappa shape index (κ2) is 27.9. The minimum Gasteiger partial charge on any atom is -0.490 e. The number of aliphatic hydroxyl groups excluding tert-OH is 2. The molecular weight excluding hydrogens is 1040 g/mol. The Balaban J connectivity index is 1.27. The van der Waals surface area contributed by atoms with Gasteiger partial charge in [-0.05, 0) is 107 Å². The minimum absolute atomic E-state index is 0.00958. The summed E-state index contributed by atoms with van der Waals surface area (Å²) in [5.74, 6) is -4.69. The molecule has 4 heterocycles. The van der Waals surface area contributed by atoms with Crippen LogP contribution in [0.5, 0.6) is 5.75 Å². The topological polar surface area (TPSA) is 284 Å². The molecule has 3 saturated heterocycles. The van der Waals surface area contributed by atoms with Gasteiger partial charge in [0.15, 0.2) is 18.7 Å². The van der Waals surface area contributed by atoms with E-state index in [2.05, 4.69) is 4.98 Å². The number of ether oxygens (including phenoxy) is 10. The van der Waals surface area contributed by atoms with Gasteiger partial charge in [-0.15, -0.1) is 0 Å². The van der Waals surface area contributed by atoms with Gasteiger partial charge in [-0.3, -0.25) is 14.4 Å². The average molecular weight is 1130 g/mol. The molecule has 22 nitrogen and oxygen atoms in total. The monoisotopic (exact) mass is 1130 g/mol. The van der Waals surface area contributed by atoms with Crippen molar-refractivity contribution < 1.29 is 87.3 Å². The zero-order chi connectivity index (χ0) is 58.2. The van der Waals surface area contributed by atoms with Crippen LogP contribution in [0.15, 0.2) is 23.1 Å². The van der Waals surface area contributed by atoms with E-state index in [1.54, 1.807) is 48.5 Å². The molecule has 0 amide bonds. The Morgan fingerprint density at radius 2 is 1.58 bits per heavy atom. The lowest BCUT2D eigenvalue weighted by Crippen LogP contribution is -2.61. The number of aromatic carboxylic acids is 1. The second-order valence-corrected chi connectivity index (χ2v) is 23.0. The van der Waals surface area contributed by atoms with E-state index in [1.165, 1.54) is 26.2 Å². The number of aliphatic hydroxyl groups is 4. The Bertz CT molecular complexity index is 2360. The summed E-state index contributed by atoms with van der Waals surface area (Å²) in [5.41, 5.74) is -5.43. The number of hydrogen-bond donors (Lipinski definition) is 6. The van der Waals surface area contributed by atoms with Crippen LogP contribution in [0.1, 0.15) is 112 Å². The fraction of sp³-hybridized carbons (Fsp3) is 0.782. The number of carboxylic acid groups (broad SMARTS) is 1. The van der Waals surface area contributed by atoms with Gasteiger partial charge in [0, 0.05) is 44.3 Å². The number of nitrogens with one attached hydrogen (secondary N) is 1. The number of aromatic nitrogens is 1. The summed E-state index contributed by atoms with van der Waals surface area (Å²) < 4.78 is 61.5. The van der Waals surface area contributed by atoms with Crippen molar-refractivity contribution in [3.05, 3.63) is 39.1 Å². The molecule has 444 valence electrons. The van der Waals surface area contributed by atoms with Crippen LogP contribution in [0.3, 0.4) is 0 Å². The highest BCUT2D eigenvalue weighted by Crippen LogP contribution is 2.41. The van der Waals surface area contributed by atoms with Crippen LogP contribution in [0.25, 0.3) is 10.9 Å². The normalized spacial score (nSPS) is 36.9. The van der Waals surface area contributed by atoms with Crippen molar-refractivity contribution in [1.82, 2.24) is 14.8 Å². The standard InChI is InChI=1S/C55H88ClN3O19/c1-15-41-55(10,68)47(63)33(6)59(13)28-29(2)25-53(8,67)48(78-52-45(62)39(58(11)12)22-30(3)73-52)31(4)46(32(5)51(66)75-41)77-43-26-54(9,69-14)49(34(7)74-43)76-42(60)16-17-70-18-19-71-20-21-72-40-23-35-38(24-37(40)56)57-27-36(44(35)61)50(64)65/h23-24,27,29-34,39,41,43,45-49,52,62-63,67-68H,15-22,25-26,28H2,1-14H3,(H,57,61)(H,64,65)/t29-,30-,31+,32-,33-,34+,39+,41-,43+,45-,46+,47-,48-,49+,52+,53-,54-,55-/m1/s1. The van der Waals surface area contributed by atoms with Crippen LogP contribution < -0.4 is 10.2 Å². The third kappa shape index (κ3) is 15.9. The highest BCUT2D eigenvalue weighted by atomic mass is 35.5. The molecule has 0 bridgehead atoms. The number of carbonyl (C=O) groups is 3. The zero-order valence-electron chi connectivity index (χ0n) is 47.9. The first kappa shape index (κ1) is 65.2. The Labute approximate surface area is 463 Å². The molecule has 0 aliphatic carbocycles. The molecule has 0 saturated carbocycles. The van der Waals surface area contributed by atoms with Crippen LogP contribution in [-0.4, -0.2) is 216 Å². The van der Waals surface area contributed by atoms with Crippen molar-refractivity contribution in [2.45, 2.75) is 192 Å². The van der Waals surface area contributed by atoms with Gasteiger partial charge >= 0.3 is 17.9 Å². The maximum Gasteiger partial charge on any atom is 0.341 e. The van der Waals surface area contributed by atoms with E-state index < -0.39 is 119 Å². The molecule has 23 heteroatoms. The van der Waals surface area contributed by atoms with E-state index in [0.717, 1.165) is 6.20 Å². The van der Waals surface area contributed by atoms with E-state index in [4.69, 9.17) is 59.0 Å². The Kier molecular flexibility index (Phi) is 23.3. The van der Waals surface area contributed by atoms with Gasteiger partial charge in [0.25, 0.3) is 0 Å². The molecule has 0 radical (unpaired) electrons. The molecule has 1 aromatic carbocycles. The predicted molar refractivity (Wildman–Crippen MR) is 286 cm³/mol. The first-order chi connectivity index (χ1) is 36.5. The lowest BCUT2D eigenvalue weighted by molar-refractivity contribution is -0.318. The number of nitrogens with zero attached hydrogens (tertiary/aromatic N) is 2. The van der Waals surface area contributed by atoms with Gasteiger partial charge in [-0.25, -0.2) is 4.79 Å². The molecule has 2 aromatic rings. The average Bonchev–Trinajstić information content (AvgIpc) is 3.37. The lowest BCUT2D eigenvalue weighted by atomic mass is 9.77. The maximum atomic E-state index is 14.6. The molecule has 0 unspecified atom stereocenters. The van der Waals surface area contributed by atoms with Crippen LogP contribution in [0.2, 0.25) is 5.02 Å². The fourth-order valence-corrected chi connectivity index (χ4v) is 11.5. The van der Waals surface area contributed by atoms with Crippen LogP contribution in [0, 0.1) is 17.8 Å². The minimum atomic E-state index is -1.87. The maximum absolute atomic E-state index is 14.6. The smallest absolute Gasteiger partial charge is 0.341 e. The van der Waals surface area contributed by atoms with Crippen LogP contribution in [-0.2, 0) is 52.2 Å². The van der Waals surface area contributed by atoms with Crippen molar-refractivity contribution in [1.29, 1.82) is 0 Å². The number of cyclic esters (lactones) is 1. The predicted octanol–water partition coefficient (Wildman–Crippen LogP) is 4.15. The highest BCUT2D eigenvalue weighted by molar-refractivity contribution is 6.32. The summed E-state index contributed by atoms with van der Waals surface area (Å²) in [4.78, 5) is 58.5. The zero-order valence-corrected chi connectivity index (χ0v) is 48.7.